The maximum Gasteiger partial charge on any atom is 0.286 e. The molecule has 2 heterocycles. The monoisotopic (exact) mass is 351 g/mol. The van der Waals surface area contributed by atoms with Crippen LogP contribution in [0.4, 0.5) is 5.69 Å². The molecule has 1 fully saturated rings. The van der Waals surface area contributed by atoms with Crippen LogP contribution in [0.15, 0.2) is 34.2 Å². The molecule has 6 nitrogen and oxygen atoms in total. The topological polar surface area (TPSA) is 78.8 Å². The van der Waals surface area contributed by atoms with E-state index in [1.54, 1.807) is 30.3 Å². The van der Waals surface area contributed by atoms with Crippen LogP contribution in [-0.2, 0) is 14.8 Å². The van der Waals surface area contributed by atoms with Gasteiger partial charge in [0, 0.05) is 13.1 Å². The minimum atomic E-state index is -3.38. The molecular formula is C15H17N3O3S2. The molecule has 2 aliphatic heterocycles. The average molecular weight is 351 g/mol. The Labute approximate surface area is 139 Å². The number of amidine groups is 1. The first-order valence-electron chi connectivity index (χ1n) is 7.27. The van der Waals surface area contributed by atoms with Crippen molar-refractivity contribution in [3.63, 3.8) is 0 Å². The van der Waals surface area contributed by atoms with Crippen LogP contribution in [0.5, 0.6) is 0 Å². The molecule has 0 aliphatic carbocycles. The number of anilines is 1. The summed E-state index contributed by atoms with van der Waals surface area (Å²) in [6.07, 6.45) is 5.02. The second kappa shape index (κ2) is 6.37. The highest BCUT2D eigenvalue weighted by Gasteiger charge is 2.27. The van der Waals surface area contributed by atoms with E-state index in [4.69, 9.17) is 0 Å². The predicted octanol–water partition coefficient (Wildman–Crippen LogP) is 2.12. The third-order valence-corrected chi connectivity index (χ3v) is 5.16. The van der Waals surface area contributed by atoms with E-state index < -0.39 is 10.0 Å². The van der Waals surface area contributed by atoms with Crippen LogP contribution in [0.25, 0.3) is 6.08 Å². The molecule has 1 saturated heterocycles. The van der Waals surface area contributed by atoms with Gasteiger partial charge < -0.3 is 4.90 Å². The predicted molar refractivity (Wildman–Crippen MR) is 93.7 cm³/mol. The lowest BCUT2D eigenvalue weighted by atomic mass is 10.1. The summed E-state index contributed by atoms with van der Waals surface area (Å²) in [6, 6.07) is 6.97. The molecule has 0 unspecified atom stereocenters. The number of benzene rings is 1. The van der Waals surface area contributed by atoms with Gasteiger partial charge in [-0.2, -0.15) is 4.99 Å². The van der Waals surface area contributed by atoms with Crippen molar-refractivity contribution in [3.8, 4) is 0 Å². The van der Waals surface area contributed by atoms with Crippen LogP contribution >= 0.6 is 11.8 Å². The van der Waals surface area contributed by atoms with Gasteiger partial charge in [0.2, 0.25) is 10.0 Å². The fourth-order valence-electron chi connectivity index (χ4n) is 2.50. The van der Waals surface area contributed by atoms with Gasteiger partial charge in [0.1, 0.15) is 0 Å². The molecule has 3 rings (SSSR count). The molecule has 8 heteroatoms. The third-order valence-electron chi connectivity index (χ3n) is 3.53. The van der Waals surface area contributed by atoms with E-state index in [-0.39, 0.29) is 5.91 Å². The molecule has 1 N–H and O–H groups in total. The van der Waals surface area contributed by atoms with Crippen molar-refractivity contribution < 1.29 is 13.2 Å². The highest BCUT2D eigenvalue weighted by molar-refractivity contribution is 8.18. The molecule has 0 saturated carbocycles. The number of nitrogens with zero attached hydrogens (tertiary/aromatic N) is 2. The van der Waals surface area contributed by atoms with E-state index in [2.05, 4.69) is 14.6 Å². The van der Waals surface area contributed by atoms with E-state index in [0.29, 0.717) is 16.2 Å². The summed E-state index contributed by atoms with van der Waals surface area (Å²) in [4.78, 5) is 18.8. The number of hydrogen-bond donors (Lipinski definition) is 1. The number of hydrogen-bond acceptors (Lipinski definition) is 5. The SMILES string of the molecule is CS(=O)(=O)Nc1ccccc1/C=C1\SC(N2CCCC2)=NC1=O. The summed E-state index contributed by atoms with van der Waals surface area (Å²) in [5.74, 6) is -0.272. The lowest BCUT2D eigenvalue weighted by Gasteiger charge is -2.14. The summed E-state index contributed by atoms with van der Waals surface area (Å²) in [5, 5.41) is 0.743. The maximum absolute atomic E-state index is 12.1. The number of amides is 1. The Balaban J connectivity index is 1.84. The molecule has 0 bridgehead atoms. The van der Waals surface area contributed by atoms with E-state index in [1.165, 1.54) is 11.8 Å². The fourth-order valence-corrected chi connectivity index (χ4v) is 4.04. The summed E-state index contributed by atoms with van der Waals surface area (Å²) in [5.41, 5.74) is 1.09. The van der Waals surface area contributed by atoms with Crippen molar-refractivity contribution in [3.05, 3.63) is 34.7 Å². The first-order valence-corrected chi connectivity index (χ1v) is 9.97. The Bertz CT molecular complexity index is 794. The van der Waals surface area contributed by atoms with Crippen molar-refractivity contribution in [2.24, 2.45) is 4.99 Å². The molecule has 1 amide bonds. The van der Waals surface area contributed by atoms with Gasteiger partial charge in [0.15, 0.2) is 5.17 Å². The molecule has 1 aromatic rings. The van der Waals surface area contributed by atoms with Crippen molar-refractivity contribution >= 4 is 44.6 Å². The van der Waals surface area contributed by atoms with Crippen LogP contribution < -0.4 is 4.72 Å². The van der Waals surface area contributed by atoms with Gasteiger partial charge in [0.05, 0.1) is 16.8 Å². The van der Waals surface area contributed by atoms with Crippen LogP contribution in [0, 0.1) is 0 Å². The standard InChI is InChI=1S/C15H17N3O3S2/c1-23(20,21)17-12-7-3-2-6-11(12)10-13-14(19)16-15(22-13)18-8-4-5-9-18/h2-3,6-7,10,17H,4-5,8-9H2,1H3/b13-10-. The number of thioether (sulfide) groups is 1. The van der Waals surface area contributed by atoms with Gasteiger partial charge in [-0.3, -0.25) is 9.52 Å². The van der Waals surface area contributed by atoms with E-state index in [9.17, 15) is 13.2 Å². The van der Waals surface area contributed by atoms with E-state index >= 15 is 0 Å². The van der Waals surface area contributed by atoms with Crippen molar-refractivity contribution in [1.29, 1.82) is 0 Å². The van der Waals surface area contributed by atoms with E-state index in [1.807, 2.05) is 0 Å². The number of sulfonamides is 1. The van der Waals surface area contributed by atoms with Gasteiger partial charge >= 0.3 is 0 Å². The largest absolute Gasteiger partial charge is 0.351 e. The summed E-state index contributed by atoms with van der Waals surface area (Å²) in [6.45, 7) is 1.86. The Morgan fingerprint density at radius 3 is 2.65 bits per heavy atom. The number of likely N-dealkylation sites (tertiary alicyclic amines) is 1. The Morgan fingerprint density at radius 1 is 1.26 bits per heavy atom. The fraction of sp³-hybridized carbons (Fsp3) is 0.333. The van der Waals surface area contributed by atoms with Crippen LogP contribution in [0.1, 0.15) is 18.4 Å². The lowest BCUT2D eigenvalue weighted by Crippen LogP contribution is -2.23. The smallest absolute Gasteiger partial charge is 0.286 e. The molecule has 2 aliphatic rings. The Kier molecular flexibility index (Phi) is 4.45. The average Bonchev–Trinajstić information content (AvgIpc) is 3.10. The van der Waals surface area contributed by atoms with Crippen LogP contribution in [0.2, 0.25) is 0 Å². The van der Waals surface area contributed by atoms with Crippen molar-refractivity contribution in [1.82, 2.24) is 4.90 Å². The second-order valence-electron chi connectivity index (χ2n) is 5.47. The van der Waals surface area contributed by atoms with E-state index in [0.717, 1.165) is 37.4 Å². The number of carbonyl (C=O) groups is 1. The maximum atomic E-state index is 12.1. The van der Waals surface area contributed by atoms with Gasteiger partial charge in [-0.05, 0) is 42.3 Å². The van der Waals surface area contributed by atoms with Gasteiger partial charge in [0.25, 0.3) is 5.91 Å². The Morgan fingerprint density at radius 2 is 1.96 bits per heavy atom. The zero-order valence-electron chi connectivity index (χ0n) is 12.7. The third kappa shape index (κ3) is 3.94. The lowest BCUT2D eigenvalue weighted by molar-refractivity contribution is -0.113. The molecular weight excluding hydrogens is 334 g/mol. The summed E-state index contributed by atoms with van der Waals surface area (Å²) >= 11 is 1.35. The second-order valence-corrected chi connectivity index (χ2v) is 8.22. The zero-order valence-corrected chi connectivity index (χ0v) is 14.3. The molecule has 0 atom stereocenters. The van der Waals surface area contributed by atoms with Crippen LogP contribution in [0.3, 0.4) is 0 Å². The number of para-hydroxylation sites is 1. The van der Waals surface area contributed by atoms with Gasteiger partial charge in [-0.25, -0.2) is 8.42 Å². The first kappa shape index (κ1) is 16.1. The number of nitrogens with one attached hydrogen (secondary N) is 1. The summed E-state index contributed by atoms with van der Waals surface area (Å²) < 4.78 is 25.4. The summed E-state index contributed by atoms with van der Waals surface area (Å²) in [7, 11) is -3.38. The molecule has 0 aromatic heterocycles. The molecule has 0 radical (unpaired) electrons. The van der Waals surface area contributed by atoms with Crippen molar-refractivity contribution in [2.45, 2.75) is 12.8 Å². The van der Waals surface area contributed by atoms with Gasteiger partial charge in [-0.1, -0.05) is 18.2 Å². The van der Waals surface area contributed by atoms with Crippen molar-refractivity contribution in [2.75, 3.05) is 24.1 Å². The minimum absolute atomic E-state index is 0.272. The Hall–Kier alpha value is -1.80. The molecule has 23 heavy (non-hydrogen) atoms. The number of rotatable bonds is 3. The minimum Gasteiger partial charge on any atom is -0.351 e. The molecule has 1 aromatic carbocycles. The number of aliphatic imine (C=N–C) groups is 1. The highest BCUT2D eigenvalue weighted by atomic mass is 32.2. The number of carbonyl (C=O) groups excluding carboxylic acids is 1. The highest BCUT2D eigenvalue weighted by Crippen LogP contribution is 2.33. The van der Waals surface area contributed by atoms with Crippen LogP contribution in [-0.4, -0.2) is 43.7 Å². The van der Waals surface area contributed by atoms with Gasteiger partial charge in [-0.15, -0.1) is 0 Å². The first-order chi connectivity index (χ1) is 10.9. The quantitative estimate of drug-likeness (QED) is 0.844. The molecule has 0 spiro atoms. The molecule has 122 valence electrons. The normalized spacial score (nSPS) is 20.2. The zero-order chi connectivity index (χ0) is 16.4.